The lowest BCUT2D eigenvalue weighted by molar-refractivity contribution is 0.404. The van der Waals surface area contributed by atoms with Crippen molar-refractivity contribution in [3.63, 3.8) is 0 Å². The van der Waals surface area contributed by atoms with Gasteiger partial charge in [-0.2, -0.15) is 16.1 Å². The van der Waals surface area contributed by atoms with Gasteiger partial charge in [0.05, 0.1) is 5.69 Å². The van der Waals surface area contributed by atoms with Crippen molar-refractivity contribution in [1.82, 2.24) is 9.29 Å². The number of rotatable bonds is 4. The molecule has 1 fully saturated rings. The van der Waals surface area contributed by atoms with E-state index in [1.807, 2.05) is 0 Å². The summed E-state index contributed by atoms with van der Waals surface area (Å²) in [7, 11) is -7.39. The fourth-order valence-electron chi connectivity index (χ4n) is 2.01. The topological polar surface area (TPSA) is 84.4 Å². The van der Waals surface area contributed by atoms with Gasteiger partial charge in [0.15, 0.2) is 18.5 Å². The molecule has 0 saturated carbocycles. The molecule has 120 valence electrons. The molecule has 1 atom stereocenters. The highest BCUT2D eigenvalue weighted by molar-refractivity contribution is 8.01. The Hall–Kier alpha value is 0.130. The van der Waals surface area contributed by atoms with E-state index in [4.69, 9.17) is 11.6 Å². The van der Waals surface area contributed by atoms with Crippen LogP contribution in [0.3, 0.4) is 0 Å². The van der Waals surface area contributed by atoms with E-state index < -0.39 is 25.2 Å². The first-order valence-corrected chi connectivity index (χ1v) is 11.6. The molecular weight excluding hydrogens is 376 g/mol. The zero-order chi connectivity index (χ0) is 15.8. The minimum atomic E-state index is -3.90. The Labute approximate surface area is 137 Å². The quantitative estimate of drug-likeness (QED) is 0.776. The van der Waals surface area contributed by atoms with Crippen LogP contribution in [-0.4, -0.2) is 55.3 Å². The van der Waals surface area contributed by atoms with Crippen LogP contribution in [0.25, 0.3) is 0 Å². The van der Waals surface area contributed by atoms with Gasteiger partial charge in [-0.3, -0.25) is 0 Å². The molecule has 11 heteroatoms. The fourth-order valence-corrected chi connectivity index (χ4v) is 9.11. The number of hydrogen-bond acceptors (Lipinski definition) is 7. The molecule has 0 aliphatic carbocycles. The number of aryl methyl sites for hydroxylation is 1. The molecule has 2 rings (SSSR count). The summed E-state index contributed by atoms with van der Waals surface area (Å²) in [6.45, 7) is 3.25. The van der Waals surface area contributed by atoms with E-state index in [0.717, 1.165) is 15.6 Å². The standard InChI is InChI=1S/C10H15ClN2O4S4/c1-3-20(14,15)8-6-18-5-4-13(8)21(16,17)9-7(2)12-10(11)19-9/h8H,3-6H2,1-2H3. The molecule has 1 aliphatic heterocycles. The van der Waals surface area contributed by atoms with Gasteiger partial charge in [0.2, 0.25) is 0 Å². The van der Waals surface area contributed by atoms with Crippen molar-refractivity contribution in [2.75, 3.05) is 23.8 Å². The van der Waals surface area contributed by atoms with Crippen LogP contribution in [0.15, 0.2) is 4.21 Å². The first-order valence-electron chi connectivity index (χ1n) is 6.14. The highest BCUT2D eigenvalue weighted by atomic mass is 35.5. The van der Waals surface area contributed by atoms with Crippen molar-refractivity contribution in [3.8, 4) is 0 Å². The Balaban J connectivity index is 2.48. The molecule has 1 saturated heterocycles. The van der Waals surface area contributed by atoms with Gasteiger partial charge >= 0.3 is 0 Å². The normalized spacial score (nSPS) is 21.6. The lowest BCUT2D eigenvalue weighted by Gasteiger charge is -2.33. The van der Waals surface area contributed by atoms with Crippen molar-refractivity contribution in [1.29, 1.82) is 0 Å². The van der Waals surface area contributed by atoms with Gasteiger partial charge in [0.1, 0.15) is 5.37 Å². The third-order valence-electron chi connectivity index (χ3n) is 3.13. The second-order valence-electron chi connectivity index (χ2n) is 4.44. The largest absolute Gasteiger partial charge is 0.255 e. The number of aromatic nitrogens is 1. The molecule has 1 aliphatic rings. The summed E-state index contributed by atoms with van der Waals surface area (Å²) in [4.78, 5) is 3.90. The molecule has 0 aromatic carbocycles. The van der Waals surface area contributed by atoms with Crippen LogP contribution < -0.4 is 0 Å². The molecule has 1 aromatic heterocycles. The predicted octanol–water partition coefficient (Wildman–Crippen LogP) is 1.60. The molecule has 6 nitrogen and oxygen atoms in total. The van der Waals surface area contributed by atoms with Crippen LogP contribution in [0.4, 0.5) is 0 Å². The Morgan fingerprint density at radius 1 is 1.38 bits per heavy atom. The maximum atomic E-state index is 12.8. The molecule has 0 bridgehead atoms. The molecule has 1 aromatic rings. The van der Waals surface area contributed by atoms with Crippen molar-refractivity contribution in [2.24, 2.45) is 0 Å². The van der Waals surface area contributed by atoms with Crippen molar-refractivity contribution >= 4 is 54.6 Å². The van der Waals surface area contributed by atoms with Crippen LogP contribution >= 0.6 is 34.7 Å². The highest BCUT2D eigenvalue weighted by Crippen LogP contribution is 2.33. The molecular formula is C10H15ClN2O4S4. The average molecular weight is 391 g/mol. The minimum absolute atomic E-state index is 0.0238. The summed E-state index contributed by atoms with van der Waals surface area (Å²) in [6, 6.07) is 0. The first kappa shape index (κ1) is 17.5. The number of sulfonamides is 1. The van der Waals surface area contributed by atoms with Gasteiger partial charge in [-0.1, -0.05) is 29.9 Å². The minimum Gasteiger partial charge on any atom is -0.229 e. The van der Waals surface area contributed by atoms with Gasteiger partial charge in [0.25, 0.3) is 10.0 Å². The number of nitrogens with zero attached hydrogens (tertiary/aromatic N) is 2. The molecule has 21 heavy (non-hydrogen) atoms. The number of sulfone groups is 1. The van der Waals surface area contributed by atoms with Gasteiger partial charge in [-0.15, -0.1) is 0 Å². The van der Waals surface area contributed by atoms with E-state index in [1.54, 1.807) is 6.92 Å². The highest BCUT2D eigenvalue weighted by Gasteiger charge is 2.42. The molecule has 1 unspecified atom stereocenters. The Kier molecular flexibility index (Phi) is 5.27. The number of thiazole rings is 1. The summed E-state index contributed by atoms with van der Waals surface area (Å²) in [5, 5.41) is -1.02. The van der Waals surface area contributed by atoms with Crippen LogP contribution in [0.5, 0.6) is 0 Å². The van der Waals surface area contributed by atoms with E-state index >= 15 is 0 Å². The summed E-state index contributed by atoms with van der Waals surface area (Å²) in [6.07, 6.45) is 0. The van der Waals surface area contributed by atoms with E-state index in [2.05, 4.69) is 4.98 Å². The van der Waals surface area contributed by atoms with Crippen LogP contribution in [0.2, 0.25) is 4.47 Å². The SMILES string of the molecule is CCS(=O)(=O)C1CSCCN1S(=O)(=O)c1sc(Cl)nc1C. The number of hydrogen-bond donors (Lipinski definition) is 0. The molecule has 2 heterocycles. The number of thioether (sulfide) groups is 1. The van der Waals surface area contributed by atoms with Gasteiger partial charge < -0.3 is 0 Å². The third kappa shape index (κ3) is 3.40. The summed E-state index contributed by atoms with van der Waals surface area (Å²) >= 11 is 8.07. The monoisotopic (exact) mass is 390 g/mol. The molecule has 0 N–H and O–H groups in total. The van der Waals surface area contributed by atoms with E-state index in [1.165, 1.54) is 18.7 Å². The fraction of sp³-hybridized carbons (Fsp3) is 0.700. The summed E-state index contributed by atoms with van der Waals surface area (Å²) < 4.78 is 51.1. The lowest BCUT2D eigenvalue weighted by Crippen LogP contribution is -2.50. The van der Waals surface area contributed by atoms with Crippen LogP contribution in [0, 0.1) is 6.92 Å². The molecule has 0 amide bonds. The van der Waals surface area contributed by atoms with E-state index in [-0.39, 0.29) is 26.7 Å². The van der Waals surface area contributed by atoms with E-state index in [0.29, 0.717) is 11.4 Å². The predicted molar refractivity (Wildman–Crippen MR) is 86.3 cm³/mol. The van der Waals surface area contributed by atoms with E-state index in [9.17, 15) is 16.8 Å². The second kappa shape index (κ2) is 6.32. The van der Waals surface area contributed by atoms with Gasteiger partial charge in [-0.05, 0) is 6.92 Å². The molecule has 0 radical (unpaired) electrons. The zero-order valence-electron chi connectivity index (χ0n) is 11.4. The van der Waals surface area contributed by atoms with Crippen molar-refractivity contribution < 1.29 is 16.8 Å². The van der Waals surface area contributed by atoms with Crippen LogP contribution in [0.1, 0.15) is 12.6 Å². The summed E-state index contributed by atoms with van der Waals surface area (Å²) in [5.74, 6) is 0.730. The summed E-state index contributed by atoms with van der Waals surface area (Å²) in [5.41, 5.74) is 0.302. The van der Waals surface area contributed by atoms with Gasteiger partial charge in [-0.25, -0.2) is 21.8 Å². The van der Waals surface area contributed by atoms with Gasteiger partial charge in [0, 0.05) is 23.8 Å². The maximum Gasteiger partial charge on any atom is 0.255 e. The Morgan fingerprint density at radius 2 is 2.05 bits per heavy atom. The Bertz CT molecular complexity index is 728. The first-order chi connectivity index (χ1) is 9.70. The second-order valence-corrected chi connectivity index (χ2v) is 11.7. The van der Waals surface area contributed by atoms with Crippen molar-refractivity contribution in [3.05, 3.63) is 10.2 Å². The Morgan fingerprint density at radius 3 is 2.57 bits per heavy atom. The molecule has 0 spiro atoms. The smallest absolute Gasteiger partial charge is 0.229 e. The number of halogens is 1. The third-order valence-corrected chi connectivity index (χ3v) is 10.3. The van der Waals surface area contributed by atoms with Crippen LogP contribution in [-0.2, 0) is 19.9 Å². The average Bonchev–Trinajstić information content (AvgIpc) is 2.78. The van der Waals surface area contributed by atoms with Crippen molar-refractivity contribution in [2.45, 2.75) is 23.4 Å². The lowest BCUT2D eigenvalue weighted by atomic mass is 10.6. The zero-order valence-corrected chi connectivity index (χ0v) is 15.5. The maximum absolute atomic E-state index is 12.8.